The van der Waals surface area contributed by atoms with Gasteiger partial charge in [0.05, 0.1) is 24.0 Å². The van der Waals surface area contributed by atoms with E-state index in [0.29, 0.717) is 25.1 Å². The number of anilines is 1. The van der Waals surface area contributed by atoms with Crippen LogP contribution in [-0.2, 0) is 9.59 Å². The van der Waals surface area contributed by atoms with Crippen LogP contribution in [0.4, 0.5) is 10.1 Å². The predicted octanol–water partition coefficient (Wildman–Crippen LogP) is 1.87. The number of nitrogens with one attached hydrogen (secondary N) is 2. The molecule has 3 rings (SSSR count). The number of hydrogen-bond acceptors (Lipinski definition) is 5. The van der Waals surface area contributed by atoms with Crippen molar-refractivity contribution in [1.29, 1.82) is 0 Å². The summed E-state index contributed by atoms with van der Waals surface area (Å²) in [5.74, 6) is -1.03. The first-order valence-corrected chi connectivity index (χ1v) is 7.44. The van der Waals surface area contributed by atoms with Gasteiger partial charge in [-0.25, -0.2) is 14.4 Å². The largest absolute Gasteiger partial charge is 0.421 e. The van der Waals surface area contributed by atoms with Crippen LogP contribution in [0.3, 0.4) is 0 Å². The minimum absolute atomic E-state index is 0.0206. The standard InChI is InChI=1S/C16H15FN4O3/c17-12-3-1-2-4-13(12)24-16-19-8-11(9-20-16)21-15(23)10-5-6-14(22)18-7-10/h1-4,8-10H,5-7H2,(H,18,22)(H,21,23). The van der Waals surface area contributed by atoms with Gasteiger partial charge in [0.2, 0.25) is 11.8 Å². The van der Waals surface area contributed by atoms with Gasteiger partial charge in [0.25, 0.3) is 0 Å². The number of aromatic nitrogens is 2. The van der Waals surface area contributed by atoms with E-state index in [4.69, 9.17) is 4.74 Å². The quantitative estimate of drug-likeness (QED) is 0.893. The van der Waals surface area contributed by atoms with Crippen LogP contribution in [0.1, 0.15) is 12.8 Å². The number of para-hydroxylation sites is 1. The van der Waals surface area contributed by atoms with E-state index in [9.17, 15) is 14.0 Å². The molecule has 0 radical (unpaired) electrons. The van der Waals surface area contributed by atoms with Gasteiger partial charge in [-0.15, -0.1) is 0 Å². The number of carbonyl (C=O) groups excluding carboxylic acids is 2. The topological polar surface area (TPSA) is 93.2 Å². The molecule has 1 aliphatic rings. The monoisotopic (exact) mass is 330 g/mol. The highest BCUT2D eigenvalue weighted by Crippen LogP contribution is 2.21. The van der Waals surface area contributed by atoms with E-state index >= 15 is 0 Å². The van der Waals surface area contributed by atoms with Crippen molar-refractivity contribution in [3.05, 3.63) is 42.5 Å². The van der Waals surface area contributed by atoms with Crippen LogP contribution in [-0.4, -0.2) is 28.3 Å². The first-order valence-electron chi connectivity index (χ1n) is 7.44. The van der Waals surface area contributed by atoms with E-state index in [1.807, 2.05) is 0 Å². The molecule has 2 N–H and O–H groups in total. The van der Waals surface area contributed by atoms with Crippen molar-refractivity contribution in [2.75, 3.05) is 11.9 Å². The molecule has 1 unspecified atom stereocenters. The summed E-state index contributed by atoms with van der Waals surface area (Å²) in [5, 5.41) is 5.34. The number of nitrogens with zero attached hydrogens (tertiary/aromatic N) is 2. The molecule has 8 heteroatoms. The van der Waals surface area contributed by atoms with Gasteiger partial charge in [-0.05, 0) is 18.6 Å². The van der Waals surface area contributed by atoms with Gasteiger partial charge in [-0.2, -0.15) is 0 Å². The van der Waals surface area contributed by atoms with Crippen LogP contribution >= 0.6 is 0 Å². The fourth-order valence-electron chi connectivity index (χ4n) is 2.26. The fraction of sp³-hybridized carbons (Fsp3) is 0.250. The molecule has 0 spiro atoms. The summed E-state index contributed by atoms with van der Waals surface area (Å²) in [4.78, 5) is 31.1. The molecule has 1 aromatic heterocycles. The van der Waals surface area contributed by atoms with Gasteiger partial charge in [-0.1, -0.05) is 12.1 Å². The fourth-order valence-corrected chi connectivity index (χ4v) is 2.26. The van der Waals surface area contributed by atoms with Gasteiger partial charge in [-0.3, -0.25) is 9.59 Å². The summed E-state index contributed by atoms with van der Waals surface area (Å²) in [5.41, 5.74) is 0.401. The van der Waals surface area contributed by atoms with Crippen molar-refractivity contribution in [3.63, 3.8) is 0 Å². The van der Waals surface area contributed by atoms with E-state index < -0.39 is 5.82 Å². The molecule has 2 aromatic rings. The van der Waals surface area contributed by atoms with Gasteiger partial charge >= 0.3 is 6.01 Å². The molecule has 1 atom stereocenters. The van der Waals surface area contributed by atoms with Crippen LogP contribution in [0.2, 0.25) is 0 Å². The molecule has 0 bridgehead atoms. The predicted molar refractivity (Wildman–Crippen MR) is 82.9 cm³/mol. The third-order valence-corrected chi connectivity index (χ3v) is 3.57. The van der Waals surface area contributed by atoms with Crippen molar-refractivity contribution in [3.8, 4) is 11.8 Å². The molecule has 7 nitrogen and oxygen atoms in total. The van der Waals surface area contributed by atoms with E-state index in [2.05, 4.69) is 20.6 Å². The lowest BCUT2D eigenvalue weighted by Gasteiger charge is -2.21. The molecule has 124 valence electrons. The maximum absolute atomic E-state index is 13.5. The number of piperidine rings is 1. The Bertz CT molecular complexity index is 741. The highest BCUT2D eigenvalue weighted by molar-refractivity contribution is 5.93. The molecule has 24 heavy (non-hydrogen) atoms. The third kappa shape index (κ3) is 3.83. The van der Waals surface area contributed by atoms with E-state index in [1.54, 1.807) is 12.1 Å². The second-order valence-corrected chi connectivity index (χ2v) is 5.32. The van der Waals surface area contributed by atoms with Crippen molar-refractivity contribution in [1.82, 2.24) is 15.3 Å². The SMILES string of the molecule is O=C1CCC(C(=O)Nc2cnc(Oc3ccccc3F)nc2)CN1. The minimum Gasteiger partial charge on any atom is -0.421 e. The van der Waals surface area contributed by atoms with Crippen LogP contribution in [0.25, 0.3) is 0 Å². The van der Waals surface area contributed by atoms with E-state index in [-0.39, 0.29) is 29.5 Å². The van der Waals surface area contributed by atoms with E-state index in [0.717, 1.165) is 0 Å². The van der Waals surface area contributed by atoms with Crippen molar-refractivity contribution in [2.45, 2.75) is 12.8 Å². The molecule has 2 amide bonds. The van der Waals surface area contributed by atoms with Gasteiger partial charge < -0.3 is 15.4 Å². The summed E-state index contributed by atoms with van der Waals surface area (Å²) in [6, 6.07) is 5.90. The molecule has 0 saturated carbocycles. The lowest BCUT2D eigenvalue weighted by atomic mass is 9.98. The van der Waals surface area contributed by atoms with Gasteiger partial charge in [0.15, 0.2) is 11.6 Å². The van der Waals surface area contributed by atoms with Crippen molar-refractivity contribution < 1.29 is 18.7 Å². The maximum Gasteiger partial charge on any atom is 0.322 e. The zero-order valence-corrected chi connectivity index (χ0v) is 12.7. The Hall–Kier alpha value is -3.03. The molecule has 0 aliphatic carbocycles. The van der Waals surface area contributed by atoms with Crippen molar-refractivity contribution in [2.24, 2.45) is 5.92 Å². The summed E-state index contributed by atoms with van der Waals surface area (Å²) in [7, 11) is 0. The zero-order chi connectivity index (χ0) is 16.9. The Balaban J connectivity index is 1.59. The maximum atomic E-state index is 13.5. The average molecular weight is 330 g/mol. The first kappa shape index (κ1) is 15.9. The number of benzene rings is 1. The van der Waals surface area contributed by atoms with Crippen LogP contribution < -0.4 is 15.4 Å². The van der Waals surface area contributed by atoms with Gasteiger partial charge in [0, 0.05) is 13.0 Å². The second kappa shape index (κ2) is 7.03. The Morgan fingerprint density at radius 3 is 2.71 bits per heavy atom. The highest BCUT2D eigenvalue weighted by atomic mass is 19.1. The Kier molecular flexibility index (Phi) is 4.64. The number of ether oxygens (including phenoxy) is 1. The third-order valence-electron chi connectivity index (χ3n) is 3.57. The zero-order valence-electron chi connectivity index (χ0n) is 12.7. The summed E-state index contributed by atoms with van der Waals surface area (Å²) >= 11 is 0. The van der Waals surface area contributed by atoms with Gasteiger partial charge in [0.1, 0.15) is 0 Å². The number of carbonyl (C=O) groups is 2. The smallest absolute Gasteiger partial charge is 0.322 e. The molecule has 1 saturated heterocycles. The molecule has 1 aromatic carbocycles. The first-order chi connectivity index (χ1) is 11.6. The summed E-state index contributed by atoms with van der Waals surface area (Å²) < 4.78 is 18.7. The number of amides is 2. The van der Waals surface area contributed by atoms with Crippen LogP contribution in [0.5, 0.6) is 11.8 Å². The minimum atomic E-state index is -0.516. The van der Waals surface area contributed by atoms with Crippen LogP contribution in [0, 0.1) is 11.7 Å². The molecule has 1 fully saturated rings. The second-order valence-electron chi connectivity index (χ2n) is 5.32. The Labute approximate surface area is 137 Å². The summed E-state index contributed by atoms with van der Waals surface area (Å²) in [6.45, 7) is 0.319. The van der Waals surface area contributed by atoms with E-state index in [1.165, 1.54) is 24.5 Å². The molecular weight excluding hydrogens is 315 g/mol. The molecule has 2 heterocycles. The number of hydrogen-bond donors (Lipinski definition) is 2. The lowest BCUT2D eigenvalue weighted by molar-refractivity contribution is -0.126. The number of halogens is 1. The highest BCUT2D eigenvalue weighted by Gasteiger charge is 2.24. The molecular formula is C16H15FN4O3. The normalized spacial score (nSPS) is 17.0. The lowest BCUT2D eigenvalue weighted by Crippen LogP contribution is -2.40. The Morgan fingerprint density at radius 2 is 2.04 bits per heavy atom. The van der Waals surface area contributed by atoms with Crippen LogP contribution in [0.15, 0.2) is 36.7 Å². The summed E-state index contributed by atoms with van der Waals surface area (Å²) in [6.07, 6.45) is 3.60. The Morgan fingerprint density at radius 1 is 1.29 bits per heavy atom. The molecule has 1 aliphatic heterocycles. The average Bonchev–Trinajstić information content (AvgIpc) is 2.59. The number of rotatable bonds is 4. The van der Waals surface area contributed by atoms with Crippen molar-refractivity contribution >= 4 is 17.5 Å².